The summed E-state index contributed by atoms with van der Waals surface area (Å²) >= 11 is 0. The fourth-order valence-electron chi connectivity index (χ4n) is 2.92. The molecule has 0 bridgehead atoms. The van der Waals surface area contributed by atoms with Crippen LogP contribution in [0.15, 0.2) is 29.3 Å². The van der Waals surface area contributed by atoms with Gasteiger partial charge in [0, 0.05) is 32.7 Å². The second-order valence-corrected chi connectivity index (χ2v) is 5.97. The smallest absolute Gasteiger partial charge is 0.390 e. The van der Waals surface area contributed by atoms with Crippen molar-refractivity contribution in [1.29, 1.82) is 0 Å². The first-order valence-corrected chi connectivity index (χ1v) is 8.35. The summed E-state index contributed by atoms with van der Waals surface area (Å²) in [5, 5.41) is 5.94. The fourth-order valence-corrected chi connectivity index (χ4v) is 2.92. The van der Waals surface area contributed by atoms with Gasteiger partial charge in [-0.1, -0.05) is 12.1 Å². The zero-order valence-electron chi connectivity index (χ0n) is 14.6. The Hall–Kier alpha value is -2.12. The largest absolute Gasteiger partial charge is 0.495 e. The van der Waals surface area contributed by atoms with Gasteiger partial charge in [0.1, 0.15) is 5.75 Å². The molecule has 0 amide bonds. The third-order valence-corrected chi connectivity index (χ3v) is 4.11. The Morgan fingerprint density at radius 1 is 1.36 bits per heavy atom. The van der Waals surface area contributed by atoms with Crippen molar-refractivity contribution in [1.82, 2.24) is 10.6 Å². The SMILES string of the molecule is CN=C(NCCC(F)(F)F)NC1CCCN(c2ccccc2OC)C1. The fraction of sp³-hybridized carbons (Fsp3) is 0.588. The van der Waals surface area contributed by atoms with Crippen LogP contribution in [0.1, 0.15) is 19.3 Å². The lowest BCUT2D eigenvalue weighted by atomic mass is 10.0. The van der Waals surface area contributed by atoms with Gasteiger partial charge < -0.3 is 20.3 Å². The Bertz CT molecular complexity index is 577. The van der Waals surface area contributed by atoms with E-state index in [0.29, 0.717) is 5.96 Å². The zero-order valence-corrected chi connectivity index (χ0v) is 14.6. The first kappa shape index (κ1) is 19.2. The first-order chi connectivity index (χ1) is 11.9. The summed E-state index contributed by atoms with van der Waals surface area (Å²) < 4.78 is 42.2. The molecule has 1 unspecified atom stereocenters. The lowest BCUT2D eigenvalue weighted by molar-refractivity contribution is -0.132. The van der Waals surface area contributed by atoms with Crippen LogP contribution < -0.4 is 20.3 Å². The van der Waals surface area contributed by atoms with Gasteiger partial charge in [0.2, 0.25) is 0 Å². The van der Waals surface area contributed by atoms with E-state index in [-0.39, 0.29) is 12.6 Å². The van der Waals surface area contributed by atoms with Crippen LogP contribution >= 0.6 is 0 Å². The predicted molar refractivity (Wildman–Crippen MR) is 93.4 cm³/mol. The standard InChI is InChI=1S/C17H25F3N4O/c1-21-16(22-10-9-17(18,19)20)23-13-6-5-11-24(12-13)14-7-3-4-8-15(14)25-2/h3-4,7-8,13H,5-6,9-12H2,1-2H3,(H2,21,22,23). The van der Waals surface area contributed by atoms with E-state index in [9.17, 15) is 13.2 Å². The summed E-state index contributed by atoms with van der Waals surface area (Å²) in [5.74, 6) is 1.21. The van der Waals surface area contributed by atoms with Crippen molar-refractivity contribution in [2.75, 3.05) is 38.7 Å². The summed E-state index contributed by atoms with van der Waals surface area (Å²) in [6.45, 7) is 1.46. The monoisotopic (exact) mass is 358 g/mol. The summed E-state index contributed by atoms with van der Waals surface area (Å²) in [4.78, 5) is 6.24. The van der Waals surface area contributed by atoms with E-state index >= 15 is 0 Å². The normalized spacial score (nSPS) is 18.8. The highest BCUT2D eigenvalue weighted by Crippen LogP contribution is 2.29. The molecule has 1 aliphatic heterocycles. The highest BCUT2D eigenvalue weighted by atomic mass is 19.4. The molecule has 0 radical (unpaired) electrons. The van der Waals surface area contributed by atoms with Gasteiger partial charge in [-0.3, -0.25) is 4.99 Å². The molecule has 25 heavy (non-hydrogen) atoms. The number of methoxy groups -OCH3 is 1. The van der Waals surface area contributed by atoms with Gasteiger partial charge >= 0.3 is 6.18 Å². The third-order valence-electron chi connectivity index (χ3n) is 4.11. The average molecular weight is 358 g/mol. The molecule has 0 spiro atoms. The molecular formula is C17H25F3N4O. The van der Waals surface area contributed by atoms with Gasteiger partial charge in [0.15, 0.2) is 5.96 Å². The molecule has 5 nitrogen and oxygen atoms in total. The van der Waals surface area contributed by atoms with E-state index in [1.165, 1.54) is 0 Å². The zero-order chi connectivity index (χ0) is 18.3. The number of piperidine rings is 1. The Kier molecular flexibility index (Phi) is 6.78. The number of aliphatic imine (C=N–C) groups is 1. The summed E-state index contributed by atoms with van der Waals surface area (Å²) in [6.07, 6.45) is -3.13. The minimum absolute atomic E-state index is 0.107. The number of para-hydroxylation sites is 2. The van der Waals surface area contributed by atoms with Gasteiger partial charge in [-0.25, -0.2) is 0 Å². The molecule has 1 heterocycles. The second-order valence-electron chi connectivity index (χ2n) is 5.97. The van der Waals surface area contributed by atoms with Gasteiger partial charge in [0.05, 0.1) is 19.2 Å². The Morgan fingerprint density at radius 2 is 2.12 bits per heavy atom. The third kappa shape index (κ3) is 6.03. The molecule has 1 atom stereocenters. The van der Waals surface area contributed by atoms with Crippen molar-refractivity contribution in [2.45, 2.75) is 31.5 Å². The number of rotatable bonds is 5. The van der Waals surface area contributed by atoms with Crippen molar-refractivity contribution in [3.63, 3.8) is 0 Å². The van der Waals surface area contributed by atoms with Crippen LogP contribution in [0.3, 0.4) is 0 Å². The molecule has 2 N–H and O–H groups in total. The van der Waals surface area contributed by atoms with Crippen LogP contribution in [-0.2, 0) is 0 Å². The van der Waals surface area contributed by atoms with E-state index in [1.807, 2.05) is 24.3 Å². The van der Waals surface area contributed by atoms with Crippen molar-refractivity contribution < 1.29 is 17.9 Å². The number of hydrogen-bond acceptors (Lipinski definition) is 3. The summed E-state index contributed by atoms with van der Waals surface area (Å²) in [7, 11) is 3.20. The lowest BCUT2D eigenvalue weighted by Crippen LogP contribution is -2.51. The van der Waals surface area contributed by atoms with Crippen LogP contribution in [0.5, 0.6) is 5.75 Å². The number of nitrogens with zero attached hydrogens (tertiary/aromatic N) is 2. The molecule has 1 saturated heterocycles. The Labute approximate surface area is 146 Å². The minimum Gasteiger partial charge on any atom is -0.495 e. The van der Waals surface area contributed by atoms with E-state index in [1.54, 1.807) is 14.2 Å². The van der Waals surface area contributed by atoms with Crippen LogP contribution in [0.2, 0.25) is 0 Å². The minimum atomic E-state index is -4.17. The van der Waals surface area contributed by atoms with Gasteiger partial charge in [-0.2, -0.15) is 13.2 Å². The average Bonchev–Trinajstić information content (AvgIpc) is 2.60. The topological polar surface area (TPSA) is 48.9 Å². The number of ether oxygens (including phenoxy) is 1. The van der Waals surface area contributed by atoms with E-state index in [0.717, 1.165) is 37.4 Å². The maximum Gasteiger partial charge on any atom is 0.390 e. The molecular weight excluding hydrogens is 333 g/mol. The number of anilines is 1. The highest BCUT2D eigenvalue weighted by Gasteiger charge is 2.27. The summed E-state index contributed by atoms with van der Waals surface area (Å²) in [5.41, 5.74) is 1.02. The van der Waals surface area contributed by atoms with Crippen molar-refractivity contribution in [3.8, 4) is 5.75 Å². The van der Waals surface area contributed by atoms with Crippen LogP contribution in [0.25, 0.3) is 0 Å². The molecule has 8 heteroatoms. The highest BCUT2D eigenvalue weighted by molar-refractivity contribution is 5.80. The van der Waals surface area contributed by atoms with Crippen LogP contribution in [-0.4, -0.2) is 52.0 Å². The molecule has 0 aromatic heterocycles. The first-order valence-electron chi connectivity index (χ1n) is 8.35. The second kappa shape index (κ2) is 8.82. The van der Waals surface area contributed by atoms with Crippen LogP contribution in [0.4, 0.5) is 18.9 Å². The number of benzene rings is 1. The molecule has 1 fully saturated rings. The van der Waals surface area contributed by atoms with Gasteiger partial charge in [-0.05, 0) is 25.0 Å². The van der Waals surface area contributed by atoms with Crippen molar-refractivity contribution in [3.05, 3.63) is 24.3 Å². The number of alkyl halides is 3. The molecule has 0 aliphatic carbocycles. The summed E-state index contributed by atoms with van der Waals surface area (Å²) in [6, 6.07) is 7.93. The predicted octanol–water partition coefficient (Wildman–Crippen LogP) is 2.78. The number of halogens is 3. The maximum absolute atomic E-state index is 12.3. The molecule has 0 saturated carbocycles. The van der Waals surface area contributed by atoms with Gasteiger partial charge in [-0.15, -0.1) is 0 Å². The number of nitrogens with one attached hydrogen (secondary N) is 2. The lowest BCUT2D eigenvalue weighted by Gasteiger charge is -2.36. The van der Waals surface area contributed by atoms with Crippen molar-refractivity contribution >= 4 is 11.6 Å². The molecule has 1 aromatic carbocycles. The quantitative estimate of drug-likeness (QED) is 0.628. The van der Waals surface area contributed by atoms with Crippen LogP contribution in [0, 0.1) is 0 Å². The Balaban J connectivity index is 1.92. The van der Waals surface area contributed by atoms with E-state index < -0.39 is 12.6 Å². The number of hydrogen-bond donors (Lipinski definition) is 2. The molecule has 1 aliphatic rings. The van der Waals surface area contributed by atoms with Gasteiger partial charge in [0.25, 0.3) is 0 Å². The maximum atomic E-state index is 12.3. The van der Waals surface area contributed by atoms with E-state index in [2.05, 4.69) is 20.5 Å². The molecule has 140 valence electrons. The Morgan fingerprint density at radius 3 is 2.80 bits per heavy atom. The van der Waals surface area contributed by atoms with Crippen molar-refractivity contribution in [2.24, 2.45) is 4.99 Å². The molecule has 1 aromatic rings. The molecule has 2 rings (SSSR count). The van der Waals surface area contributed by atoms with E-state index in [4.69, 9.17) is 4.74 Å². The number of guanidine groups is 1.